The molecule has 1 atom stereocenters. The lowest BCUT2D eigenvalue weighted by Gasteiger charge is -2.24. The van der Waals surface area contributed by atoms with Gasteiger partial charge in [0, 0.05) is 17.6 Å². The first-order valence-electron chi connectivity index (χ1n) is 7.35. The van der Waals surface area contributed by atoms with Gasteiger partial charge in [-0.3, -0.25) is 0 Å². The minimum atomic E-state index is -3.32. The molecule has 116 valence electrons. The molecule has 5 heteroatoms. The molecule has 0 bridgehead atoms. The Morgan fingerprint density at radius 3 is 2.41 bits per heavy atom. The van der Waals surface area contributed by atoms with E-state index in [1.54, 1.807) is 4.31 Å². The van der Waals surface area contributed by atoms with Gasteiger partial charge in [-0.1, -0.05) is 54.1 Å². The van der Waals surface area contributed by atoms with E-state index >= 15 is 0 Å². The average Bonchev–Trinajstić information content (AvgIpc) is 2.99. The number of sulfonamides is 1. The van der Waals surface area contributed by atoms with Crippen LogP contribution in [0.1, 0.15) is 30.0 Å². The fourth-order valence-electron chi connectivity index (χ4n) is 2.96. The fourth-order valence-corrected chi connectivity index (χ4v) is 4.89. The lowest BCUT2D eigenvalue weighted by atomic mass is 10.1. The molecule has 3 nitrogen and oxygen atoms in total. The molecule has 0 amide bonds. The van der Waals surface area contributed by atoms with Crippen LogP contribution < -0.4 is 0 Å². The number of hydrogen-bond acceptors (Lipinski definition) is 2. The van der Waals surface area contributed by atoms with Gasteiger partial charge in [-0.25, -0.2) is 8.42 Å². The van der Waals surface area contributed by atoms with E-state index in [9.17, 15) is 8.42 Å². The molecule has 0 N–H and O–H groups in total. The van der Waals surface area contributed by atoms with E-state index in [4.69, 9.17) is 11.6 Å². The number of halogens is 1. The summed E-state index contributed by atoms with van der Waals surface area (Å²) < 4.78 is 27.1. The molecule has 0 aliphatic carbocycles. The summed E-state index contributed by atoms with van der Waals surface area (Å²) in [6.45, 7) is 0.586. The highest BCUT2D eigenvalue weighted by atomic mass is 35.5. The predicted molar refractivity (Wildman–Crippen MR) is 89.2 cm³/mol. The van der Waals surface area contributed by atoms with Crippen molar-refractivity contribution in [2.45, 2.75) is 24.6 Å². The molecular weight excluding hydrogens is 318 g/mol. The first-order valence-corrected chi connectivity index (χ1v) is 9.34. The summed E-state index contributed by atoms with van der Waals surface area (Å²) in [7, 11) is -3.32. The lowest BCUT2D eigenvalue weighted by molar-refractivity contribution is 0.396. The molecule has 1 fully saturated rings. The van der Waals surface area contributed by atoms with Crippen LogP contribution in [-0.4, -0.2) is 19.3 Å². The molecule has 0 radical (unpaired) electrons. The smallest absolute Gasteiger partial charge is 0.212 e. The SMILES string of the molecule is O=S(=O)(Cc1ccccc1)N1CCC[C@H]1c1ccc(Cl)cc1. The van der Waals surface area contributed by atoms with Crippen molar-refractivity contribution in [1.29, 1.82) is 0 Å². The van der Waals surface area contributed by atoms with Gasteiger partial charge < -0.3 is 0 Å². The maximum Gasteiger partial charge on any atom is 0.218 e. The first-order chi connectivity index (χ1) is 10.6. The van der Waals surface area contributed by atoms with Crippen LogP contribution >= 0.6 is 11.6 Å². The quantitative estimate of drug-likeness (QED) is 0.846. The van der Waals surface area contributed by atoms with Crippen molar-refractivity contribution < 1.29 is 8.42 Å². The monoisotopic (exact) mass is 335 g/mol. The molecule has 1 aliphatic rings. The Bertz CT molecular complexity index is 729. The molecule has 0 aromatic heterocycles. The second kappa shape index (κ2) is 6.41. The number of nitrogens with zero attached hydrogens (tertiary/aromatic N) is 1. The first kappa shape index (κ1) is 15.5. The van der Waals surface area contributed by atoms with Crippen molar-refractivity contribution in [1.82, 2.24) is 4.31 Å². The topological polar surface area (TPSA) is 37.4 Å². The van der Waals surface area contributed by atoms with Gasteiger partial charge in [0.05, 0.1) is 5.75 Å². The third-order valence-electron chi connectivity index (χ3n) is 4.01. The maximum absolute atomic E-state index is 12.8. The van der Waals surface area contributed by atoms with Crippen LogP contribution in [0.25, 0.3) is 0 Å². The number of rotatable bonds is 4. The largest absolute Gasteiger partial charge is 0.218 e. The Morgan fingerprint density at radius 1 is 1.05 bits per heavy atom. The van der Waals surface area contributed by atoms with Crippen molar-refractivity contribution in [3.8, 4) is 0 Å². The van der Waals surface area contributed by atoms with Crippen LogP contribution in [0.15, 0.2) is 54.6 Å². The molecular formula is C17H18ClNO2S. The second-order valence-corrected chi connectivity index (χ2v) is 7.92. The summed E-state index contributed by atoms with van der Waals surface area (Å²) in [6.07, 6.45) is 1.75. The molecule has 22 heavy (non-hydrogen) atoms. The zero-order valence-corrected chi connectivity index (χ0v) is 13.7. The van der Waals surface area contributed by atoms with Crippen LogP contribution in [0.5, 0.6) is 0 Å². The minimum absolute atomic E-state index is 0.0535. The van der Waals surface area contributed by atoms with Crippen molar-refractivity contribution in [3.63, 3.8) is 0 Å². The van der Waals surface area contributed by atoms with Crippen LogP contribution in [0, 0.1) is 0 Å². The third-order valence-corrected chi connectivity index (χ3v) is 6.11. The van der Waals surface area contributed by atoms with E-state index in [0.717, 1.165) is 24.0 Å². The average molecular weight is 336 g/mol. The summed E-state index contributed by atoms with van der Waals surface area (Å²) in [5.74, 6) is 0.0535. The highest BCUT2D eigenvalue weighted by molar-refractivity contribution is 7.88. The normalized spacial score (nSPS) is 19.4. The van der Waals surface area contributed by atoms with Crippen molar-refractivity contribution in [2.75, 3.05) is 6.54 Å². The number of hydrogen-bond donors (Lipinski definition) is 0. The summed E-state index contributed by atoms with van der Waals surface area (Å²) in [5, 5.41) is 0.667. The lowest BCUT2D eigenvalue weighted by Crippen LogP contribution is -2.31. The van der Waals surface area contributed by atoms with Crippen molar-refractivity contribution in [3.05, 3.63) is 70.7 Å². The zero-order chi connectivity index (χ0) is 15.6. The van der Waals surface area contributed by atoms with E-state index < -0.39 is 10.0 Å². The van der Waals surface area contributed by atoms with E-state index in [0.29, 0.717) is 11.6 Å². The van der Waals surface area contributed by atoms with Gasteiger partial charge in [-0.15, -0.1) is 0 Å². The maximum atomic E-state index is 12.8. The standard InChI is InChI=1S/C17H18ClNO2S/c18-16-10-8-15(9-11-16)17-7-4-12-19(17)22(20,21)13-14-5-2-1-3-6-14/h1-3,5-6,8-11,17H,4,7,12-13H2/t17-/m0/s1. The zero-order valence-electron chi connectivity index (χ0n) is 12.2. The van der Waals surface area contributed by atoms with Crippen LogP contribution in [-0.2, 0) is 15.8 Å². The van der Waals surface area contributed by atoms with Gasteiger partial charge >= 0.3 is 0 Å². The number of benzene rings is 2. The van der Waals surface area contributed by atoms with E-state index in [1.807, 2.05) is 54.6 Å². The molecule has 2 aromatic carbocycles. The highest BCUT2D eigenvalue weighted by Crippen LogP contribution is 2.35. The van der Waals surface area contributed by atoms with Crippen molar-refractivity contribution in [2.24, 2.45) is 0 Å². The van der Waals surface area contributed by atoms with Crippen LogP contribution in [0.4, 0.5) is 0 Å². The molecule has 0 unspecified atom stereocenters. The van der Waals surface area contributed by atoms with Gasteiger partial charge in [0.1, 0.15) is 0 Å². The molecule has 2 aromatic rings. The molecule has 1 saturated heterocycles. The van der Waals surface area contributed by atoms with Crippen LogP contribution in [0.3, 0.4) is 0 Å². The molecule has 3 rings (SSSR count). The summed E-state index contributed by atoms with van der Waals surface area (Å²) in [4.78, 5) is 0. The highest BCUT2D eigenvalue weighted by Gasteiger charge is 2.34. The van der Waals surface area contributed by atoms with Gasteiger partial charge in [0.25, 0.3) is 0 Å². The molecule has 0 spiro atoms. The van der Waals surface area contributed by atoms with Gasteiger partial charge in [0.2, 0.25) is 10.0 Å². The predicted octanol–water partition coefficient (Wildman–Crippen LogP) is 4.01. The Hall–Kier alpha value is -1.36. The fraction of sp³-hybridized carbons (Fsp3) is 0.294. The van der Waals surface area contributed by atoms with Gasteiger partial charge in [-0.2, -0.15) is 4.31 Å². The molecule has 0 saturated carbocycles. The Morgan fingerprint density at radius 2 is 1.73 bits per heavy atom. The van der Waals surface area contributed by atoms with E-state index in [-0.39, 0.29) is 11.8 Å². The Labute approximate surface area is 136 Å². The third kappa shape index (κ3) is 3.35. The van der Waals surface area contributed by atoms with Crippen molar-refractivity contribution >= 4 is 21.6 Å². The molecule has 1 aliphatic heterocycles. The Kier molecular flexibility index (Phi) is 4.52. The summed E-state index contributed by atoms with van der Waals surface area (Å²) in [5.41, 5.74) is 1.84. The van der Waals surface area contributed by atoms with Gasteiger partial charge in [-0.05, 0) is 36.1 Å². The van der Waals surface area contributed by atoms with E-state index in [1.165, 1.54) is 0 Å². The van der Waals surface area contributed by atoms with Gasteiger partial charge in [0.15, 0.2) is 0 Å². The minimum Gasteiger partial charge on any atom is -0.212 e. The summed E-state index contributed by atoms with van der Waals surface area (Å²) in [6, 6.07) is 16.7. The van der Waals surface area contributed by atoms with Crippen LogP contribution in [0.2, 0.25) is 5.02 Å². The second-order valence-electron chi connectivity index (χ2n) is 5.56. The summed E-state index contributed by atoms with van der Waals surface area (Å²) >= 11 is 5.92. The molecule has 1 heterocycles. The van der Waals surface area contributed by atoms with E-state index in [2.05, 4.69) is 0 Å². The Balaban J connectivity index is 1.84.